The summed E-state index contributed by atoms with van der Waals surface area (Å²) < 4.78 is 0. The second kappa shape index (κ2) is 3.32. The molecule has 3 heteroatoms. The molecule has 0 heterocycles. The Balaban J connectivity index is 2.85. The van der Waals surface area contributed by atoms with E-state index in [1.165, 1.54) is 0 Å². The molecule has 0 bridgehead atoms. The molecule has 1 radical (unpaired) electrons. The molecule has 0 aromatic rings. The molecule has 0 spiro atoms. The van der Waals surface area contributed by atoms with Gasteiger partial charge in [-0.2, -0.15) is 0 Å². The van der Waals surface area contributed by atoms with Crippen LogP contribution in [0, 0.1) is 0 Å². The first-order chi connectivity index (χ1) is 2.27. The van der Waals surface area contributed by atoms with Gasteiger partial charge in [0.2, 0.25) is 0 Å². The Labute approximate surface area is 45.4 Å². The van der Waals surface area contributed by atoms with Crippen LogP contribution in [0.25, 0.3) is 0 Å². The van der Waals surface area contributed by atoms with Gasteiger partial charge < -0.3 is 0 Å². The van der Waals surface area contributed by atoms with E-state index in [0.717, 1.165) is 5.21 Å². The van der Waals surface area contributed by atoms with Crippen molar-refractivity contribution in [2.45, 2.75) is 12.1 Å². The molecule has 0 amide bonds. The summed E-state index contributed by atoms with van der Waals surface area (Å²) in [6.07, 6.45) is 0. The van der Waals surface area contributed by atoms with Crippen LogP contribution in [0.5, 0.6) is 0 Å². The summed E-state index contributed by atoms with van der Waals surface area (Å²) >= 11 is -0.924. The molecule has 31 valence electrons. The maximum absolute atomic E-state index is 4.79. The van der Waals surface area contributed by atoms with E-state index in [2.05, 4.69) is 17.8 Å². The third-order valence-corrected chi connectivity index (χ3v) is 4.22. The number of rotatable bonds is 1. The maximum atomic E-state index is 4.79. The molecule has 0 aliphatic carbocycles. The second-order valence-electron chi connectivity index (χ2n) is 0.668. The van der Waals surface area contributed by atoms with Crippen molar-refractivity contribution in [2.24, 2.45) is 0 Å². The second-order valence-corrected chi connectivity index (χ2v) is 9.68. The average Bonchev–Trinajstić information content (AvgIpc) is 1.38. The van der Waals surface area contributed by atoms with Gasteiger partial charge in [0.1, 0.15) is 0 Å². The third-order valence-electron chi connectivity index (χ3n) is 0.271. The van der Waals surface area contributed by atoms with E-state index in [1.807, 2.05) is 0 Å². The van der Waals surface area contributed by atoms with Crippen molar-refractivity contribution in [3.8, 4) is 0 Å². The van der Waals surface area contributed by atoms with E-state index in [-0.39, 0.29) is 0 Å². The summed E-state index contributed by atoms with van der Waals surface area (Å²) in [5.74, 6) is 0. The van der Waals surface area contributed by atoms with Crippen LogP contribution in [-0.2, 0) is 0 Å². The first-order valence-corrected chi connectivity index (χ1v) is 8.31. The van der Waals surface area contributed by atoms with Crippen molar-refractivity contribution in [3.63, 3.8) is 0 Å². The van der Waals surface area contributed by atoms with E-state index in [4.69, 9.17) is 10.4 Å². The minimum absolute atomic E-state index is 0.924. The Morgan fingerprint density at radius 2 is 2.20 bits per heavy atom. The van der Waals surface area contributed by atoms with Gasteiger partial charge in [0.05, 0.1) is 0 Å². The van der Waals surface area contributed by atoms with Gasteiger partial charge in [-0.05, 0) is 0 Å². The molecule has 0 aromatic heterocycles. The van der Waals surface area contributed by atoms with E-state index >= 15 is 0 Å². The summed E-state index contributed by atoms with van der Waals surface area (Å²) in [7, 11) is 8.85. The number of hydrogen-bond donors (Lipinski definition) is 1. The van der Waals surface area contributed by atoms with Gasteiger partial charge >= 0.3 is 45.2 Å². The summed E-state index contributed by atoms with van der Waals surface area (Å²) in [4.78, 5) is 0. The fraction of sp³-hybridized carbons (Fsp3) is 1.00. The van der Waals surface area contributed by atoms with Crippen LogP contribution in [0.2, 0.25) is 5.21 Å². The molecule has 0 aliphatic rings. The average molecular weight is 169 g/mol. The van der Waals surface area contributed by atoms with Crippen LogP contribution >= 0.6 is 21.3 Å². The minimum atomic E-state index is -0.924. The molecule has 0 saturated heterocycles. The van der Waals surface area contributed by atoms with Crippen molar-refractivity contribution in [2.75, 3.05) is 0 Å². The Hall–Kier alpha value is 1.13. The predicted octanol–water partition coefficient (Wildman–Crippen LogP) is 1.62. The van der Waals surface area contributed by atoms with E-state index in [0.29, 0.717) is 0 Å². The molecule has 0 nitrogen and oxygen atoms in total. The fourth-order valence-electron chi connectivity index (χ4n) is 0. The first-order valence-electron chi connectivity index (χ1n) is 1.41. The van der Waals surface area contributed by atoms with E-state index < -0.39 is 11.8 Å². The van der Waals surface area contributed by atoms with Crippen molar-refractivity contribution in [1.82, 2.24) is 0 Å². The van der Waals surface area contributed by atoms with Gasteiger partial charge in [-0.25, -0.2) is 0 Å². The molecule has 0 aromatic carbocycles. The number of thiol groups is 1. The summed E-state index contributed by atoms with van der Waals surface area (Å²) in [5, 5.41) is 1.13. The van der Waals surface area contributed by atoms with Crippen molar-refractivity contribution in [1.29, 1.82) is 0 Å². The van der Waals surface area contributed by atoms with Crippen molar-refractivity contribution in [3.05, 3.63) is 0 Å². The van der Waals surface area contributed by atoms with Gasteiger partial charge in [-0.15, -0.1) is 0 Å². The standard InChI is InChI=1S/C2H6AsS2/c1-2-3(4)5/h2H2,1H3,(H,4,5). The van der Waals surface area contributed by atoms with Gasteiger partial charge in [-0.3, -0.25) is 0 Å². The van der Waals surface area contributed by atoms with Crippen LogP contribution in [-0.4, -0.2) is 11.8 Å². The summed E-state index contributed by atoms with van der Waals surface area (Å²) in [6.45, 7) is 2.08. The monoisotopic (exact) mass is 169 g/mol. The molecule has 1 atom stereocenters. The predicted molar refractivity (Wildman–Crippen MR) is 32.8 cm³/mol. The first kappa shape index (κ1) is 6.13. The summed E-state index contributed by atoms with van der Waals surface area (Å²) in [5.41, 5.74) is 0. The molecule has 0 saturated carbocycles. The molecule has 0 N–H and O–H groups in total. The molecule has 5 heavy (non-hydrogen) atoms. The Bertz CT molecular complexity index is 42.9. The zero-order chi connectivity index (χ0) is 4.28. The van der Waals surface area contributed by atoms with Crippen LogP contribution in [0.3, 0.4) is 0 Å². The fourth-order valence-corrected chi connectivity index (χ4v) is 0. The molecule has 1 unspecified atom stereocenters. The van der Waals surface area contributed by atoms with Gasteiger partial charge in [-0.1, -0.05) is 0 Å². The SMILES string of the molecule is CC[As](=S)S. The van der Waals surface area contributed by atoms with Crippen molar-refractivity contribution >= 4 is 33.1 Å². The van der Waals surface area contributed by atoms with Gasteiger partial charge in [0.15, 0.2) is 0 Å². The zero-order valence-corrected chi connectivity index (χ0v) is 6.60. The van der Waals surface area contributed by atoms with Gasteiger partial charge in [0, 0.05) is 0 Å². The molecule has 0 aliphatic heterocycles. The zero-order valence-electron chi connectivity index (χ0n) is 3.01. The van der Waals surface area contributed by atoms with Crippen molar-refractivity contribution < 1.29 is 0 Å². The van der Waals surface area contributed by atoms with E-state index in [9.17, 15) is 0 Å². The van der Waals surface area contributed by atoms with Gasteiger partial charge in [0.25, 0.3) is 0 Å². The molecular formula is C2H6AsS2. The Morgan fingerprint density at radius 1 is 2.00 bits per heavy atom. The Kier molecular flexibility index (Phi) is 4.07. The van der Waals surface area contributed by atoms with Crippen LogP contribution in [0.1, 0.15) is 6.92 Å². The molecular weight excluding hydrogens is 163 g/mol. The molecule has 0 fully saturated rings. The quantitative estimate of drug-likeness (QED) is 0.459. The Morgan fingerprint density at radius 3 is 2.20 bits per heavy atom. The topological polar surface area (TPSA) is 0 Å². The van der Waals surface area contributed by atoms with E-state index in [1.54, 1.807) is 0 Å². The summed E-state index contributed by atoms with van der Waals surface area (Å²) in [6, 6.07) is 0. The normalized spacial score (nSPS) is 11.2. The molecule has 0 rings (SSSR count). The van der Waals surface area contributed by atoms with Crippen LogP contribution in [0.4, 0.5) is 0 Å². The third kappa shape index (κ3) is 5.13. The number of hydrogen-bond acceptors (Lipinski definition) is 1. The van der Waals surface area contributed by atoms with Crippen LogP contribution in [0.15, 0.2) is 0 Å². The van der Waals surface area contributed by atoms with Crippen LogP contribution < -0.4 is 0 Å².